The maximum absolute atomic E-state index is 13.1. The number of carbonyl (C=O) groups excluding carboxylic acids is 2. The molecule has 0 radical (unpaired) electrons. The predicted octanol–water partition coefficient (Wildman–Crippen LogP) is 4.42. The van der Waals surface area contributed by atoms with E-state index in [1.807, 2.05) is 69.3 Å². The zero-order chi connectivity index (χ0) is 20.4. The van der Waals surface area contributed by atoms with E-state index in [0.29, 0.717) is 25.3 Å². The number of hydrogen-bond acceptors (Lipinski definition) is 3. The third-order valence-corrected chi connectivity index (χ3v) is 5.47. The van der Waals surface area contributed by atoms with Crippen molar-refractivity contribution in [3.8, 4) is 0 Å². The van der Waals surface area contributed by atoms with Crippen molar-refractivity contribution in [2.24, 2.45) is 0 Å². The minimum absolute atomic E-state index is 0.0196. The quantitative estimate of drug-likeness (QED) is 0.603. The number of benzene rings is 2. The molecule has 2 amide bonds. The standard InChI is InChI=1S/C23H30N2O2S/c1-4-14-24-23(27)21(5-2)25(16-19-11-9-10-18(3)15-19)22(26)17-28-20-12-7-6-8-13-20/h6-13,15,21H,4-5,14,16-17H2,1-3H3,(H,24,27)/t21-/m1/s1. The Hall–Kier alpha value is -2.27. The molecule has 28 heavy (non-hydrogen) atoms. The molecule has 0 aliphatic carbocycles. The number of hydrogen-bond donors (Lipinski definition) is 1. The van der Waals surface area contributed by atoms with Gasteiger partial charge in [-0.3, -0.25) is 9.59 Å². The molecule has 0 aliphatic rings. The second kappa shape index (κ2) is 11.5. The topological polar surface area (TPSA) is 49.4 Å². The molecule has 4 nitrogen and oxygen atoms in total. The lowest BCUT2D eigenvalue weighted by Gasteiger charge is -2.30. The van der Waals surface area contributed by atoms with Gasteiger partial charge in [-0.15, -0.1) is 11.8 Å². The fourth-order valence-electron chi connectivity index (χ4n) is 3.04. The third kappa shape index (κ3) is 6.71. The summed E-state index contributed by atoms with van der Waals surface area (Å²) in [5.74, 6) is 0.219. The van der Waals surface area contributed by atoms with Crippen molar-refractivity contribution in [2.45, 2.75) is 51.1 Å². The molecule has 0 saturated heterocycles. The smallest absolute Gasteiger partial charge is 0.242 e. The maximum atomic E-state index is 13.1. The van der Waals surface area contributed by atoms with E-state index in [4.69, 9.17) is 0 Å². The van der Waals surface area contributed by atoms with E-state index >= 15 is 0 Å². The van der Waals surface area contributed by atoms with Crippen LogP contribution in [0.1, 0.15) is 37.8 Å². The van der Waals surface area contributed by atoms with Crippen molar-refractivity contribution in [2.75, 3.05) is 12.3 Å². The number of thioether (sulfide) groups is 1. The average Bonchev–Trinajstić information content (AvgIpc) is 2.71. The van der Waals surface area contributed by atoms with Gasteiger partial charge in [-0.2, -0.15) is 0 Å². The highest BCUT2D eigenvalue weighted by Gasteiger charge is 2.28. The first-order valence-electron chi connectivity index (χ1n) is 9.85. The molecule has 2 aromatic rings. The fraction of sp³-hybridized carbons (Fsp3) is 0.391. The summed E-state index contributed by atoms with van der Waals surface area (Å²) >= 11 is 1.51. The second-order valence-electron chi connectivity index (χ2n) is 6.83. The first kappa shape index (κ1) is 22.0. The van der Waals surface area contributed by atoms with E-state index in [1.54, 1.807) is 4.90 Å². The molecule has 5 heteroatoms. The SMILES string of the molecule is CCCNC(=O)[C@@H](CC)N(Cc1cccc(C)c1)C(=O)CSc1ccccc1. The Morgan fingerprint density at radius 1 is 1.07 bits per heavy atom. The predicted molar refractivity (Wildman–Crippen MR) is 116 cm³/mol. The number of amides is 2. The van der Waals surface area contributed by atoms with Gasteiger partial charge in [0.15, 0.2) is 0 Å². The Labute approximate surface area is 172 Å². The van der Waals surface area contributed by atoms with Crippen molar-refractivity contribution in [1.82, 2.24) is 10.2 Å². The lowest BCUT2D eigenvalue weighted by atomic mass is 10.1. The van der Waals surface area contributed by atoms with Crippen LogP contribution in [-0.4, -0.2) is 35.1 Å². The highest BCUT2D eigenvalue weighted by atomic mass is 32.2. The van der Waals surface area contributed by atoms with Crippen LogP contribution < -0.4 is 5.32 Å². The van der Waals surface area contributed by atoms with Gasteiger partial charge in [0.25, 0.3) is 0 Å². The van der Waals surface area contributed by atoms with Crippen LogP contribution in [0, 0.1) is 6.92 Å². The Bertz CT molecular complexity index is 764. The zero-order valence-corrected chi connectivity index (χ0v) is 17.8. The van der Waals surface area contributed by atoms with E-state index < -0.39 is 6.04 Å². The van der Waals surface area contributed by atoms with Crippen LogP contribution in [0.3, 0.4) is 0 Å². The molecule has 0 spiro atoms. The molecule has 1 N–H and O–H groups in total. The van der Waals surface area contributed by atoms with Gasteiger partial charge in [-0.1, -0.05) is 61.9 Å². The second-order valence-corrected chi connectivity index (χ2v) is 7.88. The van der Waals surface area contributed by atoms with Gasteiger partial charge >= 0.3 is 0 Å². The lowest BCUT2D eigenvalue weighted by molar-refractivity contribution is -0.139. The molecule has 2 rings (SSSR count). The summed E-state index contributed by atoms with van der Waals surface area (Å²) in [7, 11) is 0. The first-order chi connectivity index (χ1) is 13.5. The molecule has 0 unspecified atom stereocenters. The highest BCUT2D eigenvalue weighted by Crippen LogP contribution is 2.20. The van der Waals surface area contributed by atoms with Gasteiger partial charge in [-0.05, 0) is 37.5 Å². The van der Waals surface area contributed by atoms with Crippen LogP contribution in [0.25, 0.3) is 0 Å². The van der Waals surface area contributed by atoms with Crippen LogP contribution >= 0.6 is 11.8 Å². The van der Waals surface area contributed by atoms with Gasteiger partial charge in [0.05, 0.1) is 5.75 Å². The van der Waals surface area contributed by atoms with E-state index in [1.165, 1.54) is 11.8 Å². The van der Waals surface area contributed by atoms with E-state index in [0.717, 1.165) is 22.4 Å². The summed E-state index contributed by atoms with van der Waals surface area (Å²) < 4.78 is 0. The molecular weight excluding hydrogens is 368 g/mol. The Morgan fingerprint density at radius 3 is 2.46 bits per heavy atom. The number of nitrogens with zero attached hydrogens (tertiary/aromatic N) is 1. The number of nitrogens with one attached hydrogen (secondary N) is 1. The molecule has 0 saturated carbocycles. The molecular formula is C23H30N2O2S. The van der Waals surface area contributed by atoms with E-state index in [2.05, 4.69) is 11.4 Å². The van der Waals surface area contributed by atoms with Gasteiger partial charge in [0, 0.05) is 18.0 Å². The Kier molecular flexibility index (Phi) is 9.08. The average molecular weight is 399 g/mol. The molecule has 0 heterocycles. The summed E-state index contributed by atoms with van der Waals surface area (Å²) in [6, 6.07) is 17.5. The van der Waals surface area contributed by atoms with Gasteiger partial charge in [-0.25, -0.2) is 0 Å². The van der Waals surface area contributed by atoms with Gasteiger partial charge in [0.2, 0.25) is 11.8 Å². The van der Waals surface area contributed by atoms with Crippen molar-refractivity contribution in [1.29, 1.82) is 0 Å². The molecule has 1 atom stereocenters. The number of aryl methyl sites for hydroxylation is 1. The van der Waals surface area contributed by atoms with Crippen LogP contribution in [0.5, 0.6) is 0 Å². The summed E-state index contributed by atoms with van der Waals surface area (Å²) in [5, 5.41) is 2.95. The number of rotatable bonds is 10. The highest BCUT2D eigenvalue weighted by molar-refractivity contribution is 8.00. The van der Waals surface area contributed by atoms with Crippen molar-refractivity contribution in [3.05, 3.63) is 65.7 Å². The summed E-state index contributed by atoms with van der Waals surface area (Å²) in [6.45, 7) is 7.07. The molecule has 150 valence electrons. The van der Waals surface area contributed by atoms with E-state index in [9.17, 15) is 9.59 Å². The third-order valence-electron chi connectivity index (χ3n) is 4.48. The molecule has 0 aromatic heterocycles. The van der Waals surface area contributed by atoms with Gasteiger partial charge < -0.3 is 10.2 Å². The normalized spacial score (nSPS) is 11.7. The minimum Gasteiger partial charge on any atom is -0.354 e. The minimum atomic E-state index is -0.462. The van der Waals surface area contributed by atoms with Crippen molar-refractivity contribution >= 4 is 23.6 Å². The molecule has 0 aliphatic heterocycles. The van der Waals surface area contributed by atoms with Crippen molar-refractivity contribution < 1.29 is 9.59 Å². The first-order valence-corrected chi connectivity index (χ1v) is 10.8. The molecule has 0 fully saturated rings. The van der Waals surface area contributed by atoms with E-state index in [-0.39, 0.29) is 11.8 Å². The fourth-order valence-corrected chi connectivity index (χ4v) is 3.84. The maximum Gasteiger partial charge on any atom is 0.242 e. The molecule has 2 aromatic carbocycles. The van der Waals surface area contributed by atoms with Crippen molar-refractivity contribution in [3.63, 3.8) is 0 Å². The zero-order valence-electron chi connectivity index (χ0n) is 17.0. The monoisotopic (exact) mass is 398 g/mol. The van der Waals surface area contributed by atoms with Crippen LogP contribution in [0.15, 0.2) is 59.5 Å². The Morgan fingerprint density at radius 2 is 1.82 bits per heavy atom. The van der Waals surface area contributed by atoms with Crippen LogP contribution in [0.4, 0.5) is 0 Å². The summed E-state index contributed by atoms with van der Waals surface area (Å²) in [4.78, 5) is 28.6. The Balaban J connectivity index is 2.17. The molecule has 0 bridgehead atoms. The van der Waals surface area contributed by atoms with Crippen LogP contribution in [-0.2, 0) is 16.1 Å². The largest absolute Gasteiger partial charge is 0.354 e. The summed E-state index contributed by atoms with van der Waals surface area (Å²) in [6.07, 6.45) is 1.46. The van der Waals surface area contributed by atoms with Gasteiger partial charge in [0.1, 0.15) is 6.04 Å². The number of carbonyl (C=O) groups is 2. The van der Waals surface area contributed by atoms with Crippen LogP contribution in [0.2, 0.25) is 0 Å². The summed E-state index contributed by atoms with van der Waals surface area (Å²) in [5.41, 5.74) is 2.19. The lowest BCUT2D eigenvalue weighted by Crippen LogP contribution is -2.49.